The van der Waals surface area contributed by atoms with Crippen molar-refractivity contribution in [3.63, 3.8) is 0 Å². The van der Waals surface area contributed by atoms with E-state index in [4.69, 9.17) is 9.47 Å². The summed E-state index contributed by atoms with van der Waals surface area (Å²) in [6, 6.07) is 0. The van der Waals surface area contributed by atoms with Crippen LogP contribution < -0.4 is 0 Å². The zero-order valence-corrected chi connectivity index (χ0v) is 16.6. The van der Waals surface area contributed by atoms with Crippen molar-refractivity contribution in [3.8, 4) is 0 Å². The van der Waals surface area contributed by atoms with Crippen LogP contribution in [0.25, 0.3) is 0 Å². The molecule has 0 saturated carbocycles. The second-order valence-electron chi connectivity index (χ2n) is 6.36. The van der Waals surface area contributed by atoms with Gasteiger partial charge in [-0.1, -0.05) is 76.2 Å². The van der Waals surface area contributed by atoms with Crippen molar-refractivity contribution < 1.29 is 9.47 Å². The SMILES string of the molecule is CC/C=C/C=C/CCCCCCCCCCCC(OCC)OCC. The van der Waals surface area contributed by atoms with Crippen LogP contribution in [0, 0.1) is 0 Å². The van der Waals surface area contributed by atoms with Crippen molar-refractivity contribution in [1.29, 1.82) is 0 Å². The van der Waals surface area contributed by atoms with E-state index in [9.17, 15) is 0 Å². The monoisotopic (exact) mass is 338 g/mol. The smallest absolute Gasteiger partial charge is 0.157 e. The summed E-state index contributed by atoms with van der Waals surface area (Å²) < 4.78 is 11.1. The predicted octanol–water partition coefficient (Wildman–Crippen LogP) is 7.20. The third-order valence-corrected chi connectivity index (χ3v) is 4.13. The molecule has 0 aromatic rings. The van der Waals surface area contributed by atoms with Crippen molar-refractivity contribution in [2.75, 3.05) is 13.2 Å². The third kappa shape index (κ3) is 17.7. The summed E-state index contributed by atoms with van der Waals surface area (Å²) in [5.74, 6) is 0. The minimum Gasteiger partial charge on any atom is -0.353 e. The standard InChI is InChI=1S/C22H42O2/c1-4-7-8-9-10-11-12-13-14-15-16-17-18-19-20-21-22(23-5-2)24-6-3/h7-10,22H,4-6,11-21H2,1-3H3/b8-7+,10-9+. The molecule has 0 aromatic heterocycles. The maximum atomic E-state index is 5.57. The fourth-order valence-electron chi connectivity index (χ4n) is 2.79. The lowest BCUT2D eigenvalue weighted by Crippen LogP contribution is -2.17. The summed E-state index contributed by atoms with van der Waals surface area (Å²) in [4.78, 5) is 0. The molecule has 0 aromatic carbocycles. The fourth-order valence-corrected chi connectivity index (χ4v) is 2.79. The Kier molecular flexibility index (Phi) is 19.9. The van der Waals surface area contributed by atoms with Gasteiger partial charge in [0.1, 0.15) is 0 Å². The van der Waals surface area contributed by atoms with Crippen molar-refractivity contribution in [2.45, 2.75) is 104 Å². The van der Waals surface area contributed by atoms with E-state index in [0.29, 0.717) is 0 Å². The first-order chi connectivity index (χ1) is 11.8. The summed E-state index contributed by atoms with van der Waals surface area (Å²) in [5.41, 5.74) is 0. The highest BCUT2D eigenvalue weighted by molar-refractivity contribution is 5.01. The first-order valence-corrected chi connectivity index (χ1v) is 10.4. The highest BCUT2D eigenvalue weighted by atomic mass is 16.7. The lowest BCUT2D eigenvalue weighted by atomic mass is 10.1. The molecule has 0 atom stereocenters. The van der Waals surface area contributed by atoms with Crippen LogP contribution in [-0.4, -0.2) is 19.5 Å². The Morgan fingerprint density at radius 3 is 1.67 bits per heavy atom. The minimum atomic E-state index is 0.0199. The van der Waals surface area contributed by atoms with Gasteiger partial charge in [0.15, 0.2) is 6.29 Å². The average Bonchev–Trinajstić information content (AvgIpc) is 2.58. The molecule has 0 heterocycles. The van der Waals surface area contributed by atoms with E-state index in [1.165, 1.54) is 64.2 Å². The van der Waals surface area contributed by atoms with E-state index in [-0.39, 0.29) is 6.29 Å². The van der Waals surface area contributed by atoms with Gasteiger partial charge in [0.25, 0.3) is 0 Å². The Morgan fingerprint density at radius 1 is 0.625 bits per heavy atom. The van der Waals surface area contributed by atoms with Crippen molar-refractivity contribution in [2.24, 2.45) is 0 Å². The Bertz CT molecular complexity index is 278. The Labute approximate surface area is 151 Å². The summed E-state index contributed by atoms with van der Waals surface area (Å²) in [6.07, 6.45) is 24.5. The Balaban J connectivity index is 3.25. The molecule has 0 fully saturated rings. The van der Waals surface area contributed by atoms with E-state index in [1.807, 2.05) is 13.8 Å². The fraction of sp³-hybridized carbons (Fsp3) is 0.818. The van der Waals surface area contributed by atoms with E-state index in [2.05, 4.69) is 31.2 Å². The molecule has 0 aliphatic rings. The maximum Gasteiger partial charge on any atom is 0.157 e. The number of allylic oxidation sites excluding steroid dienone is 4. The van der Waals surface area contributed by atoms with E-state index < -0.39 is 0 Å². The molecule has 0 aliphatic carbocycles. The van der Waals surface area contributed by atoms with E-state index in [0.717, 1.165) is 26.1 Å². The van der Waals surface area contributed by atoms with Gasteiger partial charge in [-0.2, -0.15) is 0 Å². The molecule has 0 radical (unpaired) electrons. The molecule has 0 aliphatic heterocycles. The molecule has 0 N–H and O–H groups in total. The van der Waals surface area contributed by atoms with Gasteiger partial charge in [0, 0.05) is 13.2 Å². The second-order valence-corrected chi connectivity index (χ2v) is 6.36. The zero-order chi connectivity index (χ0) is 17.7. The molecule has 0 rings (SSSR count). The highest BCUT2D eigenvalue weighted by Crippen LogP contribution is 2.13. The molecule has 0 unspecified atom stereocenters. The van der Waals surface area contributed by atoms with Gasteiger partial charge in [-0.3, -0.25) is 0 Å². The van der Waals surface area contributed by atoms with Crippen LogP contribution in [0.3, 0.4) is 0 Å². The van der Waals surface area contributed by atoms with Gasteiger partial charge < -0.3 is 9.47 Å². The van der Waals surface area contributed by atoms with Crippen molar-refractivity contribution in [1.82, 2.24) is 0 Å². The molecule has 2 nitrogen and oxygen atoms in total. The van der Waals surface area contributed by atoms with Gasteiger partial charge in [-0.15, -0.1) is 0 Å². The Morgan fingerprint density at radius 2 is 1.12 bits per heavy atom. The molecular formula is C22H42O2. The van der Waals surface area contributed by atoms with Crippen LogP contribution in [0.5, 0.6) is 0 Å². The quantitative estimate of drug-likeness (QED) is 0.149. The average molecular weight is 339 g/mol. The molecular weight excluding hydrogens is 296 g/mol. The topological polar surface area (TPSA) is 18.5 Å². The highest BCUT2D eigenvalue weighted by Gasteiger charge is 2.06. The van der Waals surface area contributed by atoms with Gasteiger partial charge in [-0.05, 0) is 46.0 Å². The lowest BCUT2D eigenvalue weighted by Gasteiger charge is -2.16. The van der Waals surface area contributed by atoms with Crippen LogP contribution in [0.2, 0.25) is 0 Å². The summed E-state index contributed by atoms with van der Waals surface area (Å²) in [7, 11) is 0. The van der Waals surface area contributed by atoms with Gasteiger partial charge in [0.2, 0.25) is 0 Å². The maximum absolute atomic E-state index is 5.57. The molecule has 0 amide bonds. The molecule has 24 heavy (non-hydrogen) atoms. The predicted molar refractivity (Wildman–Crippen MR) is 106 cm³/mol. The first-order valence-electron chi connectivity index (χ1n) is 10.4. The first kappa shape index (κ1) is 23.4. The Hall–Kier alpha value is -0.600. The van der Waals surface area contributed by atoms with E-state index in [1.54, 1.807) is 0 Å². The number of unbranched alkanes of at least 4 members (excludes halogenated alkanes) is 9. The van der Waals surface area contributed by atoms with E-state index >= 15 is 0 Å². The summed E-state index contributed by atoms with van der Waals surface area (Å²) in [6.45, 7) is 7.73. The molecule has 0 saturated heterocycles. The van der Waals surface area contributed by atoms with Crippen LogP contribution >= 0.6 is 0 Å². The van der Waals surface area contributed by atoms with Crippen LogP contribution in [0.4, 0.5) is 0 Å². The van der Waals surface area contributed by atoms with Crippen LogP contribution in [0.1, 0.15) is 97.8 Å². The zero-order valence-electron chi connectivity index (χ0n) is 16.6. The number of hydrogen-bond acceptors (Lipinski definition) is 2. The number of ether oxygens (including phenoxy) is 2. The number of hydrogen-bond donors (Lipinski definition) is 0. The van der Waals surface area contributed by atoms with Gasteiger partial charge in [-0.25, -0.2) is 0 Å². The van der Waals surface area contributed by atoms with Crippen molar-refractivity contribution in [3.05, 3.63) is 24.3 Å². The van der Waals surface area contributed by atoms with Crippen LogP contribution in [0.15, 0.2) is 24.3 Å². The normalized spacial score (nSPS) is 12.2. The summed E-state index contributed by atoms with van der Waals surface area (Å²) >= 11 is 0. The molecule has 0 spiro atoms. The number of rotatable bonds is 18. The lowest BCUT2D eigenvalue weighted by molar-refractivity contribution is -0.140. The minimum absolute atomic E-state index is 0.0199. The van der Waals surface area contributed by atoms with Crippen LogP contribution in [-0.2, 0) is 9.47 Å². The van der Waals surface area contributed by atoms with Crippen molar-refractivity contribution >= 4 is 0 Å². The molecule has 142 valence electrons. The van der Waals surface area contributed by atoms with Gasteiger partial charge >= 0.3 is 0 Å². The third-order valence-electron chi connectivity index (χ3n) is 4.13. The summed E-state index contributed by atoms with van der Waals surface area (Å²) in [5, 5.41) is 0. The largest absolute Gasteiger partial charge is 0.353 e. The second kappa shape index (κ2) is 20.4. The molecule has 2 heteroatoms. The van der Waals surface area contributed by atoms with Gasteiger partial charge in [0.05, 0.1) is 0 Å². The molecule has 0 bridgehead atoms.